The molecular weight excluding hydrogens is 280 g/mol. The number of nitrogens with zero attached hydrogens (tertiary/aromatic N) is 1. The summed E-state index contributed by atoms with van der Waals surface area (Å²) in [6, 6.07) is 10.1. The molecule has 0 bridgehead atoms. The standard InChI is InChI=1S/C17H24N2O3/c1-19(12-9-15(20)21)16(22)18-13-17(10-5-6-11-17)14-7-3-2-4-8-14/h2-4,7-8H,5-6,9-13H2,1H3,(H,18,22)(H,20,21). The molecule has 1 aromatic carbocycles. The third-order valence-corrected chi connectivity index (χ3v) is 4.53. The van der Waals surface area contributed by atoms with E-state index >= 15 is 0 Å². The zero-order valence-corrected chi connectivity index (χ0v) is 13.0. The molecule has 22 heavy (non-hydrogen) atoms. The normalized spacial score (nSPS) is 16.2. The summed E-state index contributed by atoms with van der Waals surface area (Å²) in [5.74, 6) is -0.892. The lowest BCUT2D eigenvalue weighted by Gasteiger charge is -2.31. The summed E-state index contributed by atoms with van der Waals surface area (Å²) in [4.78, 5) is 24.1. The molecule has 5 heteroatoms. The molecule has 5 nitrogen and oxygen atoms in total. The predicted octanol–water partition coefficient (Wildman–Crippen LogP) is 2.61. The van der Waals surface area contributed by atoms with Crippen molar-refractivity contribution in [3.05, 3.63) is 35.9 Å². The molecule has 1 aromatic rings. The maximum Gasteiger partial charge on any atom is 0.317 e. The van der Waals surface area contributed by atoms with Crippen molar-refractivity contribution in [1.29, 1.82) is 0 Å². The van der Waals surface area contributed by atoms with E-state index in [0.717, 1.165) is 12.8 Å². The highest BCUT2D eigenvalue weighted by Gasteiger charge is 2.35. The number of benzene rings is 1. The molecule has 0 radical (unpaired) electrons. The fourth-order valence-electron chi connectivity index (χ4n) is 3.16. The second-order valence-corrected chi connectivity index (χ2v) is 6.08. The van der Waals surface area contributed by atoms with Gasteiger partial charge in [0, 0.05) is 25.6 Å². The monoisotopic (exact) mass is 304 g/mol. The second kappa shape index (κ2) is 7.29. The van der Waals surface area contributed by atoms with Gasteiger partial charge in [-0.05, 0) is 18.4 Å². The number of carboxylic acid groups (broad SMARTS) is 1. The maximum absolute atomic E-state index is 12.1. The molecule has 0 aliphatic heterocycles. The number of urea groups is 1. The lowest BCUT2D eigenvalue weighted by atomic mass is 9.79. The highest BCUT2D eigenvalue weighted by atomic mass is 16.4. The lowest BCUT2D eigenvalue weighted by molar-refractivity contribution is -0.137. The van der Waals surface area contributed by atoms with Crippen LogP contribution in [0.25, 0.3) is 0 Å². The Labute approximate surface area is 131 Å². The summed E-state index contributed by atoms with van der Waals surface area (Å²) in [5, 5.41) is 11.7. The van der Waals surface area contributed by atoms with Crippen LogP contribution in [0.3, 0.4) is 0 Å². The van der Waals surface area contributed by atoms with Crippen molar-refractivity contribution >= 4 is 12.0 Å². The van der Waals surface area contributed by atoms with Crippen LogP contribution in [0, 0.1) is 0 Å². The first-order valence-corrected chi connectivity index (χ1v) is 7.80. The van der Waals surface area contributed by atoms with Crippen LogP contribution in [-0.2, 0) is 10.2 Å². The highest BCUT2D eigenvalue weighted by Crippen LogP contribution is 2.40. The molecule has 1 fully saturated rings. The van der Waals surface area contributed by atoms with Crippen molar-refractivity contribution in [2.45, 2.75) is 37.5 Å². The van der Waals surface area contributed by atoms with E-state index in [2.05, 4.69) is 17.4 Å². The largest absolute Gasteiger partial charge is 0.481 e. The molecule has 120 valence electrons. The molecule has 0 aromatic heterocycles. The molecule has 0 unspecified atom stereocenters. The summed E-state index contributed by atoms with van der Waals surface area (Å²) in [6.07, 6.45) is 4.49. The predicted molar refractivity (Wildman–Crippen MR) is 84.9 cm³/mol. The first-order chi connectivity index (χ1) is 10.5. The van der Waals surface area contributed by atoms with E-state index in [1.807, 2.05) is 18.2 Å². The van der Waals surface area contributed by atoms with Crippen molar-refractivity contribution in [3.8, 4) is 0 Å². The van der Waals surface area contributed by atoms with Crippen LogP contribution >= 0.6 is 0 Å². The summed E-state index contributed by atoms with van der Waals surface area (Å²) in [7, 11) is 1.63. The van der Waals surface area contributed by atoms with Gasteiger partial charge < -0.3 is 15.3 Å². The first-order valence-electron chi connectivity index (χ1n) is 7.80. The van der Waals surface area contributed by atoms with Crippen LogP contribution in [0.4, 0.5) is 4.79 Å². The Morgan fingerprint density at radius 2 is 1.86 bits per heavy atom. The van der Waals surface area contributed by atoms with Gasteiger partial charge in [-0.1, -0.05) is 43.2 Å². The molecule has 0 spiro atoms. The number of hydrogen-bond donors (Lipinski definition) is 2. The Hall–Kier alpha value is -2.04. The minimum atomic E-state index is -0.892. The van der Waals surface area contributed by atoms with Gasteiger partial charge in [0.25, 0.3) is 0 Å². The zero-order chi connectivity index (χ0) is 16.0. The van der Waals surface area contributed by atoms with Gasteiger partial charge in [-0.3, -0.25) is 4.79 Å². The van der Waals surface area contributed by atoms with Crippen LogP contribution in [-0.4, -0.2) is 42.1 Å². The van der Waals surface area contributed by atoms with E-state index in [4.69, 9.17) is 5.11 Å². The Balaban J connectivity index is 1.95. The van der Waals surface area contributed by atoms with Crippen LogP contribution in [0.1, 0.15) is 37.7 Å². The van der Waals surface area contributed by atoms with Gasteiger partial charge in [0.15, 0.2) is 0 Å². The summed E-state index contributed by atoms with van der Waals surface area (Å²) < 4.78 is 0. The van der Waals surface area contributed by atoms with Crippen LogP contribution in [0.15, 0.2) is 30.3 Å². The molecule has 0 heterocycles. The SMILES string of the molecule is CN(CCC(=O)O)C(=O)NCC1(c2ccccc2)CCCC1. The molecule has 2 amide bonds. The summed E-state index contributed by atoms with van der Waals surface area (Å²) >= 11 is 0. The third kappa shape index (κ3) is 4.00. The van der Waals surface area contributed by atoms with Crippen molar-refractivity contribution < 1.29 is 14.7 Å². The topological polar surface area (TPSA) is 69.6 Å². The van der Waals surface area contributed by atoms with Gasteiger partial charge in [0.05, 0.1) is 6.42 Å². The minimum absolute atomic E-state index is 0.0184. The summed E-state index contributed by atoms with van der Waals surface area (Å²) in [5.41, 5.74) is 1.30. The van der Waals surface area contributed by atoms with Crippen molar-refractivity contribution in [3.63, 3.8) is 0 Å². The van der Waals surface area contributed by atoms with E-state index in [1.165, 1.54) is 23.3 Å². The minimum Gasteiger partial charge on any atom is -0.481 e. The van der Waals surface area contributed by atoms with E-state index in [1.54, 1.807) is 7.05 Å². The molecule has 1 aliphatic carbocycles. The fraction of sp³-hybridized carbons (Fsp3) is 0.529. The molecular formula is C17H24N2O3. The fourth-order valence-corrected chi connectivity index (χ4v) is 3.16. The third-order valence-electron chi connectivity index (χ3n) is 4.53. The Morgan fingerprint density at radius 1 is 1.23 bits per heavy atom. The molecule has 2 N–H and O–H groups in total. The molecule has 0 atom stereocenters. The maximum atomic E-state index is 12.1. The Morgan fingerprint density at radius 3 is 2.45 bits per heavy atom. The molecule has 0 saturated heterocycles. The number of rotatable bonds is 6. The molecule has 1 saturated carbocycles. The van der Waals surface area contributed by atoms with Gasteiger partial charge in [-0.25, -0.2) is 4.79 Å². The van der Waals surface area contributed by atoms with Gasteiger partial charge in [0.2, 0.25) is 0 Å². The van der Waals surface area contributed by atoms with Crippen LogP contribution in [0.5, 0.6) is 0 Å². The molecule has 1 aliphatic rings. The number of nitrogens with one attached hydrogen (secondary N) is 1. The van der Waals surface area contributed by atoms with Crippen LogP contribution < -0.4 is 5.32 Å². The number of carbonyl (C=O) groups is 2. The Bertz CT molecular complexity index is 510. The van der Waals surface area contributed by atoms with Crippen LogP contribution in [0.2, 0.25) is 0 Å². The number of carboxylic acids is 1. The van der Waals surface area contributed by atoms with E-state index < -0.39 is 5.97 Å². The number of hydrogen-bond acceptors (Lipinski definition) is 2. The van der Waals surface area contributed by atoms with Crippen molar-refractivity contribution in [2.24, 2.45) is 0 Å². The van der Waals surface area contributed by atoms with Gasteiger partial charge in [-0.15, -0.1) is 0 Å². The van der Waals surface area contributed by atoms with Gasteiger partial charge in [0.1, 0.15) is 0 Å². The number of aliphatic carboxylic acids is 1. The van der Waals surface area contributed by atoms with Crippen molar-refractivity contribution in [2.75, 3.05) is 20.1 Å². The average molecular weight is 304 g/mol. The highest BCUT2D eigenvalue weighted by molar-refractivity contribution is 5.75. The zero-order valence-electron chi connectivity index (χ0n) is 13.0. The van der Waals surface area contributed by atoms with E-state index in [-0.39, 0.29) is 24.4 Å². The quantitative estimate of drug-likeness (QED) is 0.849. The summed E-state index contributed by atoms with van der Waals surface area (Å²) in [6.45, 7) is 0.826. The lowest BCUT2D eigenvalue weighted by Crippen LogP contribution is -2.44. The second-order valence-electron chi connectivity index (χ2n) is 6.08. The van der Waals surface area contributed by atoms with Gasteiger partial charge in [-0.2, -0.15) is 0 Å². The van der Waals surface area contributed by atoms with E-state index in [9.17, 15) is 9.59 Å². The average Bonchev–Trinajstić information content (AvgIpc) is 3.01. The smallest absolute Gasteiger partial charge is 0.317 e. The van der Waals surface area contributed by atoms with E-state index in [0.29, 0.717) is 6.54 Å². The first kappa shape index (κ1) is 16.3. The van der Waals surface area contributed by atoms with Gasteiger partial charge >= 0.3 is 12.0 Å². The van der Waals surface area contributed by atoms with Crippen molar-refractivity contribution in [1.82, 2.24) is 10.2 Å². The number of amides is 2. The molecule has 2 rings (SSSR count). The Kier molecular flexibility index (Phi) is 5.41. The number of carbonyl (C=O) groups excluding carboxylic acids is 1.